The standard InChI is InChI=1S/C30H35N3O3S/c1-29(2,35)10-11-33-16-21-13-25(23(20-9-12-36-17-20)14-22(21)24-15-30(24,33)3)31-27(34)26-18-37-28(32-26)19-7-5-4-6-8-19/h9,12-14,16-19,35H,4-8,10-11,15H2,1-3H3,(H,31,34). The number of fused-ring (bicyclic) bond motifs is 2. The number of hydrogen-bond acceptors (Lipinski definition) is 6. The summed E-state index contributed by atoms with van der Waals surface area (Å²) < 4.78 is 5.40. The Morgan fingerprint density at radius 2 is 2.11 bits per heavy atom. The summed E-state index contributed by atoms with van der Waals surface area (Å²) in [5, 5.41) is 18.8. The van der Waals surface area contributed by atoms with Gasteiger partial charge in [0.15, 0.2) is 0 Å². The Morgan fingerprint density at radius 3 is 2.84 bits per heavy atom. The number of nitrogens with zero attached hydrogens (tertiary/aromatic N) is 2. The van der Waals surface area contributed by atoms with E-state index in [2.05, 4.69) is 35.5 Å². The van der Waals surface area contributed by atoms with Crippen molar-refractivity contribution < 1.29 is 14.3 Å². The third-order valence-electron chi connectivity index (χ3n) is 8.24. The van der Waals surface area contributed by atoms with Crippen molar-refractivity contribution in [2.24, 2.45) is 0 Å². The summed E-state index contributed by atoms with van der Waals surface area (Å²) in [6.07, 6.45) is 13.4. The molecule has 194 valence electrons. The lowest BCUT2D eigenvalue weighted by molar-refractivity contribution is 0.0611. The summed E-state index contributed by atoms with van der Waals surface area (Å²) in [5.74, 6) is 0.307. The minimum absolute atomic E-state index is 0.00715. The number of anilines is 1. The number of nitrogens with one attached hydrogen (secondary N) is 1. The van der Waals surface area contributed by atoms with E-state index >= 15 is 0 Å². The van der Waals surface area contributed by atoms with E-state index in [1.54, 1.807) is 23.9 Å². The van der Waals surface area contributed by atoms with E-state index in [1.165, 1.54) is 42.9 Å². The van der Waals surface area contributed by atoms with Gasteiger partial charge in [0.1, 0.15) is 5.69 Å². The van der Waals surface area contributed by atoms with E-state index in [-0.39, 0.29) is 11.4 Å². The van der Waals surface area contributed by atoms with Gasteiger partial charge in [-0.3, -0.25) is 4.79 Å². The molecule has 0 radical (unpaired) electrons. The van der Waals surface area contributed by atoms with Gasteiger partial charge in [0, 0.05) is 40.9 Å². The minimum Gasteiger partial charge on any atom is -0.472 e. The molecule has 37 heavy (non-hydrogen) atoms. The Balaban J connectivity index is 1.34. The highest BCUT2D eigenvalue weighted by atomic mass is 32.1. The summed E-state index contributed by atoms with van der Waals surface area (Å²) >= 11 is 1.61. The Kier molecular flexibility index (Phi) is 6.03. The zero-order chi connectivity index (χ0) is 25.8. The van der Waals surface area contributed by atoms with E-state index in [9.17, 15) is 9.90 Å². The van der Waals surface area contributed by atoms with Gasteiger partial charge < -0.3 is 19.7 Å². The molecule has 3 aliphatic rings. The number of carbonyl (C=O) groups excluding carboxylic acids is 1. The van der Waals surface area contributed by atoms with Gasteiger partial charge in [-0.1, -0.05) is 19.3 Å². The highest BCUT2D eigenvalue weighted by Crippen LogP contribution is 2.50. The molecule has 2 aromatic heterocycles. The molecule has 0 saturated heterocycles. The van der Waals surface area contributed by atoms with Crippen LogP contribution >= 0.6 is 11.3 Å². The van der Waals surface area contributed by atoms with Crippen LogP contribution < -0.4 is 15.8 Å². The van der Waals surface area contributed by atoms with Crippen LogP contribution in [-0.4, -0.2) is 38.6 Å². The number of hydrogen-bond donors (Lipinski definition) is 2. The Labute approximate surface area is 221 Å². The zero-order valence-electron chi connectivity index (χ0n) is 21.8. The van der Waals surface area contributed by atoms with Crippen LogP contribution in [0.15, 0.2) is 40.5 Å². The highest BCUT2D eigenvalue weighted by molar-refractivity contribution is 7.10. The maximum atomic E-state index is 13.4. The van der Waals surface area contributed by atoms with Gasteiger partial charge in [-0.2, -0.15) is 0 Å². The number of aliphatic hydroxyl groups is 1. The van der Waals surface area contributed by atoms with Crippen molar-refractivity contribution >= 4 is 34.7 Å². The van der Waals surface area contributed by atoms with E-state index in [1.807, 2.05) is 25.3 Å². The Bertz CT molecular complexity index is 1440. The molecule has 1 aromatic carbocycles. The molecule has 6 rings (SSSR count). The van der Waals surface area contributed by atoms with Gasteiger partial charge in [-0.05, 0) is 80.7 Å². The quantitative estimate of drug-likeness (QED) is 0.449. The van der Waals surface area contributed by atoms with Crippen molar-refractivity contribution in [3.63, 3.8) is 0 Å². The fourth-order valence-corrected chi connectivity index (χ4v) is 6.81. The van der Waals surface area contributed by atoms with E-state index < -0.39 is 5.60 Å². The number of carbonyl (C=O) groups is 1. The number of amides is 1. The molecule has 2 N–H and O–H groups in total. The molecule has 1 aliphatic heterocycles. The van der Waals surface area contributed by atoms with Crippen LogP contribution in [0.3, 0.4) is 0 Å². The zero-order valence-corrected chi connectivity index (χ0v) is 22.7. The molecule has 1 amide bonds. The van der Waals surface area contributed by atoms with Crippen molar-refractivity contribution in [3.8, 4) is 11.1 Å². The summed E-state index contributed by atoms with van der Waals surface area (Å²) in [6.45, 7) is 6.75. The van der Waals surface area contributed by atoms with Crippen molar-refractivity contribution in [2.45, 2.75) is 82.8 Å². The number of rotatable bonds is 7. The van der Waals surface area contributed by atoms with Gasteiger partial charge in [0.05, 0.1) is 28.7 Å². The second kappa shape index (κ2) is 9.14. The van der Waals surface area contributed by atoms with Crippen LogP contribution in [0.4, 0.5) is 5.69 Å². The van der Waals surface area contributed by atoms with Gasteiger partial charge >= 0.3 is 0 Å². The molecule has 2 saturated carbocycles. The third-order valence-corrected chi connectivity index (χ3v) is 9.25. The van der Waals surface area contributed by atoms with Crippen LogP contribution in [0.1, 0.15) is 87.1 Å². The molecule has 3 heterocycles. The monoisotopic (exact) mass is 517 g/mol. The van der Waals surface area contributed by atoms with Gasteiger partial charge in [0.25, 0.3) is 5.91 Å². The highest BCUT2D eigenvalue weighted by Gasteiger charge is 2.50. The first-order valence-electron chi connectivity index (χ1n) is 13.4. The Hall–Kier alpha value is -2.90. The van der Waals surface area contributed by atoms with Gasteiger partial charge in [0.2, 0.25) is 0 Å². The lowest BCUT2D eigenvalue weighted by Crippen LogP contribution is -2.43. The Morgan fingerprint density at radius 1 is 1.30 bits per heavy atom. The normalized spacial score (nSPS) is 21.3. The SMILES string of the molecule is CC(C)(O)CCN1C=c2cc(NC(=O)c3csc(C4CCCCC4)n3)c(-c3ccoc3)cc2=C2CC21C. The average molecular weight is 518 g/mol. The molecule has 0 bridgehead atoms. The number of thiazole rings is 1. The first-order chi connectivity index (χ1) is 17.7. The average Bonchev–Trinajstić information content (AvgIpc) is 3.26. The molecule has 6 nitrogen and oxygen atoms in total. The van der Waals surface area contributed by atoms with Crippen molar-refractivity contribution in [1.82, 2.24) is 9.88 Å². The summed E-state index contributed by atoms with van der Waals surface area (Å²) in [5.41, 5.74) is 3.80. The molecule has 2 aliphatic carbocycles. The number of aromatic nitrogens is 1. The van der Waals surface area contributed by atoms with Crippen molar-refractivity contribution in [3.05, 3.63) is 57.2 Å². The van der Waals surface area contributed by atoms with Crippen molar-refractivity contribution in [2.75, 3.05) is 11.9 Å². The summed E-state index contributed by atoms with van der Waals surface area (Å²) in [6, 6.07) is 6.20. The fraction of sp³-hybridized carbons (Fsp3) is 0.467. The smallest absolute Gasteiger partial charge is 0.275 e. The largest absolute Gasteiger partial charge is 0.472 e. The first-order valence-corrected chi connectivity index (χ1v) is 14.3. The molecule has 0 spiro atoms. The topological polar surface area (TPSA) is 78.6 Å². The molecule has 1 unspecified atom stereocenters. The van der Waals surface area contributed by atoms with Crippen molar-refractivity contribution in [1.29, 1.82) is 0 Å². The lowest BCUT2D eigenvalue weighted by atomic mass is 9.90. The van der Waals surface area contributed by atoms with Crippen LogP contribution in [0.2, 0.25) is 0 Å². The first kappa shape index (κ1) is 24.4. The maximum absolute atomic E-state index is 13.4. The van der Waals surface area contributed by atoms with Crippen LogP contribution in [0.25, 0.3) is 22.9 Å². The van der Waals surface area contributed by atoms with Crippen LogP contribution in [0.5, 0.6) is 0 Å². The van der Waals surface area contributed by atoms with Gasteiger partial charge in [-0.15, -0.1) is 11.3 Å². The van der Waals surface area contributed by atoms with Gasteiger partial charge in [-0.25, -0.2) is 4.98 Å². The predicted molar refractivity (Wildman–Crippen MR) is 148 cm³/mol. The molecular weight excluding hydrogens is 482 g/mol. The maximum Gasteiger partial charge on any atom is 0.275 e. The van der Waals surface area contributed by atoms with E-state index in [0.717, 1.165) is 40.0 Å². The number of furan rings is 1. The van der Waals surface area contributed by atoms with E-state index in [0.29, 0.717) is 18.0 Å². The minimum atomic E-state index is -0.714. The van der Waals surface area contributed by atoms with Crippen LogP contribution in [0, 0.1) is 0 Å². The second-order valence-corrected chi connectivity index (χ2v) is 12.6. The second-order valence-electron chi connectivity index (χ2n) is 11.7. The molecule has 1 atom stereocenters. The van der Waals surface area contributed by atoms with E-state index in [4.69, 9.17) is 9.40 Å². The third kappa shape index (κ3) is 4.75. The molecule has 3 aromatic rings. The molecule has 7 heteroatoms. The fourth-order valence-electron chi connectivity index (χ4n) is 5.84. The predicted octanol–water partition coefficient (Wildman–Crippen LogP) is 5.23. The molecule has 2 fully saturated rings. The lowest BCUT2D eigenvalue weighted by Gasteiger charge is -2.32. The molecular formula is C30H35N3O3S. The van der Waals surface area contributed by atoms with Crippen LogP contribution in [-0.2, 0) is 0 Å². The summed E-state index contributed by atoms with van der Waals surface area (Å²) in [7, 11) is 0. The number of benzene rings is 1. The summed E-state index contributed by atoms with van der Waals surface area (Å²) in [4.78, 5) is 20.4.